The van der Waals surface area contributed by atoms with Crippen LogP contribution >= 0.6 is 0 Å². The maximum atomic E-state index is 13.2. The number of aromatic amines is 1. The molecule has 3 rings (SSSR count). The van der Waals surface area contributed by atoms with Crippen LogP contribution in [0.25, 0.3) is 10.9 Å². The molecule has 0 aliphatic carbocycles. The third-order valence-electron chi connectivity index (χ3n) is 3.46. The summed E-state index contributed by atoms with van der Waals surface area (Å²) in [5.41, 5.74) is 0.352. The van der Waals surface area contributed by atoms with Gasteiger partial charge in [0.05, 0.1) is 17.6 Å². The number of halogens is 1. The summed E-state index contributed by atoms with van der Waals surface area (Å²) in [6, 6.07) is 9.57. The summed E-state index contributed by atoms with van der Waals surface area (Å²) in [6.45, 7) is 1.93. The highest BCUT2D eigenvalue weighted by Crippen LogP contribution is 2.35. The predicted molar refractivity (Wildman–Crippen MR) is 87.4 cm³/mol. The van der Waals surface area contributed by atoms with Crippen molar-refractivity contribution >= 4 is 22.6 Å². The molecule has 128 valence electrons. The number of esters is 1. The summed E-state index contributed by atoms with van der Waals surface area (Å²) < 4.78 is 23.8. The summed E-state index contributed by atoms with van der Waals surface area (Å²) in [5.74, 6) is -1.06. The van der Waals surface area contributed by atoms with Crippen LogP contribution in [0.15, 0.2) is 42.5 Å². The van der Waals surface area contributed by atoms with Gasteiger partial charge in [0.15, 0.2) is 0 Å². The second-order valence-electron chi connectivity index (χ2n) is 5.09. The van der Waals surface area contributed by atoms with Crippen LogP contribution in [0, 0.1) is 15.9 Å². The van der Waals surface area contributed by atoms with E-state index in [0.717, 1.165) is 12.1 Å². The average Bonchev–Trinajstić information content (AvgIpc) is 3.02. The van der Waals surface area contributed by atoms with Gasteiger partial charge in [-0.1, -0.05) is 6.07 Å². The van der Waals surface area contributed by atoms with Gasteiger partial charge in [-0.3, -0.25) is 10.1 Å². The number of hydrogen-bond acceptors (Lipinski definition) is 5. The molecule has 0 fully saturated rings. The average molecular weight is 344 g/mol. The van der Waals surface area contributed by atoms with Crippen molar-refractivity contribution < 1.29 is 23.6 Å². The molecule has 1 aromatic heterocycles. The van der Waals surface area contributed by atoms with Gasteiger partial charge >= 0.3 is 11.7 Å². The first-order valence-electron chi connectivity index (χ1n) is 7.40. The standard InChI is InChI=1S/C17H13FN2O5/c1-2-24-17(21)13-9-11-12(19-13)4-3-5-15(11)25-16-7-6-10(18)8-14(16)20(22)23/h3-9,19H,2H2,1H3. The molecule has 0 spiro atoms. The van der Waals surface area contributed by atoms with Crippen molar-refractivity contribution in [3.63, 3.8) is 0 Å². The van der Waals surface area contributed by atoms with Crippen molar-refractivity contribution in [1.82, 2.24) is 4.98 Å². The maximum Gasteiger partial charge on any atom is 0.354 e. The molecule has 1 heterocycles. The van der Waals surface area contributed by atoms with Crippen molar-refractivity contribution in [3.05, 3.63) is 64.1 Å². The first-order chi connectivity index (χ1) is 12.0. The summed E-state index contributed by atoms with van der Waals surface area (Å²) in [4.78, 5) is 25.1. The van der Waals surface area contributed by atoms with Gasteiger partial charge in [-0.05, 0) is 37.3 Å². The number of rotatable bonds is 5. The van der Waals surface area contributed by atoms with Gasteiger partial charge in [-0.15, -0.1) is 0 Å². The Balaban J connectivity index is 2.02. The molecule has 7 nitrogen and oxygen atoms in total. The minimum absolute atomic E-state index is 0.0993. The lowest BCUT2D eigenvalue weighted by atomic mass is 10.2. The van der Waals surface area contributed by atoms with Crippen LogP contribution in [0.2, 0.25) is 0 Å². The van der Waals surface area contributed by atoms with E-state index in [9.17, 15) is 19.3 Å². The number of hydrogen-bond donors (Lipinski definition) is 1. The van der Waals surface area contributed by atoms with E-state index in [1.165, 1.54) is 12.1 Å². The Morgan fingerprint density at radius 1 is 1.24 bits per heavy atom. The van der Waals surface area contributed by atoms with E-state index >= 15 is 0 Å². The van der Waals surface area contributed by atoms with E-state index in [-0.39, 0.29) is 18.1 Å². The number of aromatic nitrogens is 1. The third-order valence-corrected chi connectivity index (χ3v) is 3.46. The Hall–Kier alpha value is -3.42. The topological polar surface area (TPSA) is 94.5 Å². The fourth-order valence-electron chi connectivity index (χ4n) is 2.37. The zero-order valence-electron chi connectivity index (χ0n) is 13.1. The molecule has 25 heavy (non-hydrogen) atoms. The first kappa shape index (κ1) is 16.4. The zero-order chi connectivity index (χ0) is 18.0. The fourth-order valence-corrected chi connectivity index (χ4v) is 2.37. The summed E-state index contributed by atoms with van der Waals surface area (Å²) in [5, 5.41) is 11.6. The van der Waals surface area contributed by atoms with Crippen molar-refractivity contribution in [2.75, 3.05) is 6.61 Å². The van der Waals surface area contributed by atoms with E-state index in [4.69, 9.17) is 9.47 Å². The maximum absolute atomic E-state index is 13.2. The van der Waals surface area contributed by atoms with Crippen LogP contribution in [0.3, 0.4) is 0 Å². The lowest BCUT2D eigenvalue weighted by molar-refractivity contribution is -0.385. The molecule has 0 amide bonds. The minimum atomic E-state index is -0.733. The molecule has 1 N–H and O–H groups in total. The molecule has 0 radical (unpaired) electrons. The Labute approximate surface area is 141 Å². The molecule has 0 unspecified atom stereocenters. The monoisotopic (exact) mass is 344 g/mol. The van der Waals surface area contributed by atoms with Crippen LogP contribution in [0.5, 0.6) is 11.5 Å². The number of nitro groups is 1. The lowest BCUT2D eigenvalue weighted by Gasteiger charge is -2.07. The Bertz CT molecular complexity index is 967. The molecule has 0 saturated carbocycles. The second kappa shape index (κ2) is 6.60. The predicted octanol–water partition coefficient (Wildman–Crippen LogP) is 4.18. The van der Waals surface area contributed by atoms with Crippen LogP contribution in [-0.4, -0.2) is 22.5 Å². The minimum Gasteiger partial charge on any atom is -0.461 e. The van der Waals surface area contributed by atoms with E-state index < -0.39 is 22.4 Å². The van der Waals surface area contributed by atoms with Crippen LogP contribution in [-0.2, 0) is 4.74 Å². The molecule has 0 saturated heterocycles. The van der Waals surface area contributed by atoms with Gasteiger partial charge in [0.25, 0.3) is 0 Å². The van der Waals surface area contributed by atoms with Gasteiger partial charge in [0.2, 0.25) is 5.75 Å². The van der Waals surface area contributed by atoms with Crippen molar-refractivity contribution in [1.29, 1.82) is 0 Å². The SMILES string of the molecule is CCOC(=O)c1cc2c(Oc3ccc(F)cc3[N+](=O)[O-])cccc2[nH]1. The van der Waals surface area contributed by atoms with Crippen molar-refractivity contribution in [2.24, 2.45) is 0 Å². The largest absolute Gasteiger partial charge is 0.461 e. The van der Waals surface area contributed by atoms with Gasteiger partial charge < -0.3 is 14.5 Å². The highest BCUT2D eigenvalue weighted by molar-refractivity contribution is 5.97. The van der Waals surface area contributed by atoms with Gasteiger partial charge in [0, 0.05) is 10.9 Å². The number of ether oxygens (including phenoxy) is 2. The number of benzene rings is 2. The van der Waals surface area contributed by atoms with E-state index in [0.29, 0.717) is 16.7 Å². The molecule has 0 aliphatic rings. The number of carbonyl (C=O) groups is 1. The Morgan fingerprint density at radius 3 is 2.76 bits per heavy atom. The van der Waals surface area contributed by atoms with Crippen molar-refractivity contribution in [2.45, 2.75) is 6.92 Å². The lowest BCUT2D eigenvalue weighted by Crippen LogP contribution is -2.04. The van der Waals surface area contributed by atoms with E-state index in [1.54, 1.807) is 25.1 Å². The number of nitrogens with zero attached hydrogens (tertiary/aromatic N) is 1. The molecular weight excluding hydrogens is 331 g/mol. The molecule has 0 atom stereocenters. The quantitative estimate of drug-likeness (QED) is 0.425. The summed E-state index contributed by atoms with van der Waals surface area (Å²) >= 11 is 0. The normalized spacial score (nSPS) is 10.6. The van der Waals surface area contributed by atoms with Gasteiger partial charge in [-0.2, -0.15) is 0 Å². The Kier molecular flexibility index (Phi) is 4.34. The third kappa shape index (κ3) is 3.27. The zero-order valence-corrected chi connectivity index (χ0v) is 13.1. The molecule has 0 bridgehead atoms. The van der Waals surface area contributed by atoms with E-state index in [2.05, 4.69) is 4.98 Å². The van der Waals surface area contributed by atoms with Crippen LogP contribution in [0.4, 0.5) is 10.1 Å². The highest BCUT2D eigenvalue weighted by atomic mass is 19.1. The first-order valence-corrected chi connectivity index (χ1v) is 7.40. The van der Waals surface area contributed by atoms with Crippen LogP contribution < -0.4 is 4.74 Å². The molecule has 8 heteroatoms. The fraction of sp³-hybridized carbons (Fsp3) is 0.118. The number of H-pyrrole nitrogens is 1. The van der Waals surface area contributed by atoms with Gasteiger partial charge in [-0.25, -0.2) is 9.18 Å². The van der Waals surface area contributed by atoms with Crippen molar-refractivity contribution in [3.8, 4) is 11.5 Å². The second-order valence-corrected chi connectivity index (χ2v) is 5.09. The number of fused-ring (bicyclic) bond motifs is 1. The highest BCUT2D eigenvalue weighted by Gasteiger charge is 2.19. The molecule has 0 aliphatic heterocycles. The molecular formula is C17H13FN2O5. The molecule has 2 aromatic carbocycles. The van der Waals surface area contributed by atoms with E-state index in [1.807, 2.05) is 0 Å². The number of carbonyl (C=O) groups excluding carboxylic acids is 1. The smallest absolute Gasteiger partial charge is 0.354 e. The number of nitrogens with one attached hydrogen (secondary N) is 1. The van der Waals surface area contributed by atoms with Gasteiger partial charge in [0.1, 0.15) is 17.3 Å². The number of nitro benzene ring substituents is 1. The van der Waals surface area contributed by atoms with Crippen LogP contribution in [0.1, 0.15) is 17.4 Å². The Morgan fingerprint density at radius 2 is 2.04 bits per heavy atom. The summed E-state index contributed by atoms with van der Waals surface area (Å²) in [6.07, 6.45) is 0. The molecule has 3 aromatic rings. The summed E-state index contributed by atoms with van der Waals surface area (Å²) in [7, 11) is 0.